The molecule has 0 saturated heterocycles. The van der Waals surface area contributed by atoms with Gasteiger partial charge in [0.15, 0.2) is 0 Å². The highest BCUT2D eigenvalue weighted by atomic mass is 19.1. The third-order valence-electron chi connectivity index (χ3n) is 5.49. The molecule has 1 aliphatic rings. The first kappa shape index (κ1) is 22.6. The SMILES string of the molecule is CC1=CC(OCc2ccc(F)cc2F)=C(C)CN1c1ccnc(-c2ccnc(C(C)C)n2)c1. The monoisotopic (exact) mass is 448 g/mol. The van der Waals surface area contributed by atoms with Crippen molar-refractivity contribution in [1.29, 1.82) is 0 Å². The van der Waals surface area contributed by atoms with Crippen molar-refractivity contribution in [3.05, 3.63) is 94.9 Å². The molecular formula is C26H26F2N4O. The summed E-state index contributed by atoms with van der Waals surface area (Å²) >= 11 is 0. The molecule has 0 aliphatic carbocycles. The molecule has 170 valence electrons. The standard InChI is InChI=1S/C26H26F2N4O/c1-16(2)26-30-10-8-23(31-26)24-13-21(7-9-29-24)32-14-17(3)25(11-18(32)4)33-15-19-5-6-20(27)12-22(19)28/h5-13,16H,14-15H2,1-4H3. The summed E-state index contributed by atoms with van der Waals surface area (Å²) in [6.45, 7) is 8.75. The normalized spacial score (nSPS) is 14.0. The van der Waals surface area contributed by atoms with Crippen LogP contribution < -0.4 is 4.90 Å². The number of ether oxygens (including phenoxy) is 1. The smallest absolute Gasteiger partial charge is 0.132 e. The Kier molecular flexibility index (Phi) is 6.49. The second-order valence-corrected chi connectivity index (χ2v) is 8.39. The van der Waals surface area contributed by atoms with Crippen molar-refractivity contribution >= 4 is 5.69 Å². The molecular weight excluding hydrogens is 422 g/mol. The molecule has 0 bridgehead atoms. The number of pyridine rings is 1. The first-order valence-corrected chi connectivity index (χ1v) is 10.8. The van der Waals surface area contributed by atoms with Gasteiger partial charge >= 0.3 is 0 Å². The number of allylic oxidation sites excluding steroid dienone is 2. The first-order valence-electron chi connectivity index (χ1n) is 10.8. The van der Waals surface area contributed by atoms with Crippen molar-refractivity contribution in [3.63, 3.8) is 0 Å². The number of benzene rings is 1. The summed E-state index contributed by atoms with van der Waals surface area (Å²) in [6.07, 6.45) is 5.47. The number of anilines is 1. The highest BCUT2D eigenvalue weighted by Crippen LogP contribution is 2.30. The summed E-state index contributed by atoms with van der Waals surface area (Å²) < 4.78 is 32.9. The van der Waals surface area contributed by atoms with Crippen LogP contribution in [0.2, 0.25) is 0 Å². The molecule has 0 radical (unpaired) electrons. The Labute approximate surface area is 192 Å². The van der Waals surface area contributed by atoms with Crippen LogP contribution in [0.1, 0.15) is 45.0 Å². The van der Waals surface area contributed by atoms with Gasteiger partial charge in [-0.2, -0.15) is 0 Å². The molecule has 0 amide bonds. The van der Waals surface area contributed by atoms with Crippen molar-refractivity contribution < 1.29 is 13.5 Å². The lowest BCUT2D eigenvalue weighted by molar-refractivity contribution is 0.202. The molecule has 4 rings (SSSR count). The Morgan fingerprint density at radius 3 is 2.55 bits per heavy atom. The van der Waals surface area contributed by atoms with E-state index in [1.54, 1.807) is 12.4 Å². The molecule has 33 heavy (non-hydrogen) atoms. The minimum absolute atomic E-state index is 0.0356. The molecule has 7 heteroatoms. The molecule has 1 aliphatic heterocycles. The quantitative estimate of drug-likeness (QED) is 0.452. The van der Waals surface area contributed by atoms with E-state index in [0.29, 0.717) is 17.9 Å². The van der Waals surface area contributed by atoms with Crippen LogP contribution in [-0.4, -0.2) is 21.5 Å². The molecule has 5 nitrogen and oxygen atoms in total. The van der Waals surface area contributed by atoms with Crippen LogP contribution in [0.3, 0.4) is 0 Å². The summed E-state index contributed by atoms with van der Waals surface area (Å²) in [6, 6.07) is 9.34. The fourth-order valence-corrected chi connectivity index (χ4v) is 3.61. The van der Waals surface area contributed by atoms with Crippen LogP contribution in [-0.2, 0) is 11.3 Å². The van der Waals surface area contributed by atoms with Gasteiger partial charge in [-0.1, -0.05) is 13.8 Å². The lowest BCUT2D eigenvalue weighted by Crippen LogP contribution is -2.27. The molecule has 0 N–H and O–H groups in total. The highest BCUT2D eigenvalue weighted by molar-refractivity contribution is 5.64. The van der Waals surface area contributed by atoms with Gasteiger partial charge in [-0.3, -0.25) is 4.98 Å². The van der Waals surface area contributed by atoms with Gasteiger partial charge in [0.05, 0.1) is 11.4 Å². The summed E-state index contributed by atoms with van der Waals surface area (Å²) in [7, 11) is 0. The maximum Gasteiger partial charge on any atom is 0.132 e. The van der Waals surface area contributed by atoms with Gasteiger partial charge in [0, 0.05) is 47.9 Å². The molecule has 0 spiro atoms. The second-order valence-electron chi connectivity index (χ2n) is 8.39. The van der Waals surface area contributed by atoms with Crippen molar-refractivity contribution in [1.82, 2.24) is 15.0 Å². The number of halogens is 2. The number of hydrogen-bond donors (Lipinski definition) is 0. The topological polar surface area (TPSA) is 51.1 Å². The van der Waals surface area contributed by atoms with E-state index in [-0.39, 0.29) is 12.5 Å². The fourth-order valence-electron chi connectivity index (χ4n) is 3.61. The van der Waals surface area contributed by atoms with E-state index in [0.717, 1.165) is 40.2 Å². The van der Waals surface area contributed by atoms with Gasteiger partial charge in [-0.15, -0.1) is 0 Å². The van der Waals surface area contributed by atoms with E-state index in [1.807, 2.05) is 38.1 Å². The van der Waals surface area contributed by atoms with Crippen molar-refractivity contribution in [2.75, 3.05) is 11.4 Å². The van der Waals surface area contributed by atoms with Gasteiger partial charge in [-0.25, -0.2) is 18.7 Å². The zero-order valence-corrected chi connectivity index (χ0v) is 19.1. The summed E-state index contributed by atoms with van der Waals surface area (Å²) in [5.41, 5.74) is 4.85. The predicted octanol–water partition coefficient (Wildman–Crippen LogP) is 6.15. The zero-order valence-electron chi connectivity index (χ0n) is 19.1. The Morgan fingerprint density at radius 2 is 1.79 bits per heavy atom. The molecule has 3 aromatic rings. The van der Waals surface area contributed by atoms with Gasteiger partial charge in [-0.05, 0) is 55.8 Å². The van der Waals surface area contributed by atoms with E-state index in [1.165, 1.54) is 12.1 Å². The predicted molar refractivity (Wildman–Crippen MR) is 124 cm³/mol. The van der Waals surface area contributed by atoms with Crippen molar-refractivity contribution in [2.24, 2.45) is 0 Å². The third-order valence-corrected chi connectivity index (χ3v) is 5.49. The average molecular weight is 449 g/mol. The minimum atomic E-state index is -0.610. The third kappa shape index (κ3) is 5.08. The van der Waals surface area contributed by atoms with Crippen LogP contribution in [0.4, 0.5) is 14.5 Å². The second kappa shape index (κ2) is 9.48. The van der Waals surface area contributed by atoms with Gasteiger partial charge in [0.25, 0.3) is 0 Å². The summed E-state index contributed by atoms with van der Waals surface area (Å²) in [5.74, 6) is 0.497. The van der Waals surface area contributed by atoms with E-state index < -0.39 is 11.6 Å². The average Bonchev–Trinajstić information content (AvgIpc) is 2.80. The van der Waals surface area contributed by atoms with Gasteiger partial charge in [0.2, 0.25) is 0 Å². The van der Waals surface area contributed by atoms with Crippen LogP contribution in [0.25, 0.3) is 11.4 Å². The number of nitrogens with zero attached hydrogens (tertiary/aromatic N) is 4. The molecule has 2 aromatic heterocycles. The van der Waals surface area contributed by atoms with Crippen molar-refractivity contribution in [2.45, 2.75) is 40.2 Å². The molecule has 0 saturated carbocycles. The maximum absolute atomic E-state index is 13.9. The fraction of sp³-hybridized carbons (Fsp3) is 0.269. The summed E-state index contributed by atoms with van der Waals surface area (Å²) in [5, 5.41) is 0. The first-order chi connectivity index (χ1) is 15.8. The number of aromatic nitrogens is 3. The summed E-state index contributed by atoms with van der Waals surface area (Å²) in [4.78, 5) is 15.7. The number of hydrogen-bond acceptors (Lipinski definition) is 5. The van der Waals surface area contributed by atoms with Gasteiger partial charge < -0.3 is 9.64 Å². The van der Waals surface area contributed by atoms with Crippen molar-refractivity contribution in [3.8, 4) is 11.4 Å². The molecule has 0 atom stereocenters. The Bertz CT molecular complexity index is 1240. The van der Waals surface area contributed by atoms with Crippen LogP contribution in [0.15, 0.2) is 71.9 Å². The maximum atomic E-state index is 13.9. The van der Waals surface area contributed by atoms with Gasteiger partial charge in [0.1, 0.15) is 29.8 Å². The lowest BCUT2D eigenvalue weighted by atomic mass is 10.1. The molecule has 1 aromatic carbocycles. The van der Waals surface area contributed by atoms with Crippen LogP contribution in [0, 0.1) is 11.6 Å². The Morgan fingerprint density at radius 1 is 1.00 bits per heavy atom. The van der Waals surface area contributed by atoms with E-state index in [9.17, 15) is 8.78 Å². The molecule has 0 unspecified atom stereocenters. The minimum Gasteiger partial charge on any atom is -0.489 e. The van der Waals surface area contributed by atoms with E-state index in [4.69, 9.17) is 4.74 Å². The van der Waals surface area contributed by atoms with Crippen LogP contribution in [0.5, 0.6) is 0 Å². The molecule has 3 heterocycles. The lowest BCUT2D eigenvalue weighted by Gasteiger charge is -2.31. The highest BCUT2D eigenvalue weighted by Gasteiger charge is 2.19. The van der Waals surface area contributed by atoms with E-state index >= 15 is 0 Å². The molecule has 0 fully saturated rings. The number of rotatable bonds is 6. The van der Waals surface area contributed by atoms with E-state index in [2.05, 4.69) is 33.7 Å². The Balaban J connectivity index is 1.52. The Hall–Kier alpha value is -3.61. The van der Waals surface area contributed by atoms with Crippen LogP contribution >= 0.6 is 0 Å². The largest absolute Gasteiger partial charge is 0.489 e. The zero-order chi connectivity index (χ0) is 23.5.